The molecule has 1 amide bonds. The van der Waals surface area contributed by atoms with Gasteiger partial charge in [0.05, 0.1) is 11.7 Å². The van der Waals surface area contributed by atoms with Crippen LogP contribution >= 0.6 is 0 Å². The maximum atomic E-state index is 12.0. The van der Waals surface area contributed by atoms with Gasteiger partial charge in [0.1, 0.15) is 5.75 Å². The van der Waals surface area contributed by atoms with Crippen LogP contribution in [0.5, 0.6) is 5.75 Å². The topological polar surface area (TPSA) is 75.6 Å². The lowest BCUT2D eigenvalue weighted by atomic mass is 10.1. The average molecular weight is 327 g/mol. The molecule has 0 aliphatic heterocycles. The maximum Gasteiger partial charge on any atom is 0.335 e. The Morgan fingerprint density at radius 2 is 1.67 bits per heavy atom. The van der Waals surface area contributed by atoms with Gasteiger partial charge in [-0.25, -0.2) is 4.79 Å². The summed E-state index contributed by atoms with van der Waals surface area (Å²) >= 11 is 0. The summed E-state index contributed by atoms with van der Waals surface area (Å²) in [5.41, 5.74) is 1.89. The van der Waals surface area contributed by atoms with E-state index < -0.39 is 5.97 Å². The molecule has 0 fully saturated rings. The Morgan fingerprint density at radius 1 is 1.04 bits per heavy atom. The van der Waals surface area contributed by atoms with Gasteiger partial charge in [-0.3, -0.25) is 4.79 Å². The Hall–Kier alpha value is -2.82. The van der Waals surface area contributed by atoms with Gasteiger partial charge in [-0.1, -0.05) is 12.1 Å². The molecular weight excluding hydrogens is 306 g/mol. The second-order valence-corrected chi connectivity index (χ2v) is 5.74. The van der Waals surface area contributed by atoms with E-state index in [1.807, 2.05) is 26.0 Å². The molecule has 0 unspecified atom stereocenters. The van der Waals surface area contributed by atoms with Gasteiger partial charge in [0.15, 0.2) is 0 Å². The van der Waals surface area contributed by atoms with Crippen LogP contribution in [0.15, 0.2) is 48.5 Å². The van der Waals surface area contributed by atoms with E-state index in [1.54, 1.807) is 36.4 Å². The van der Waals surface area contributed by atoms with Crippen LogP contribution in [0.25, 0.3) is 0 Å². The molecule has 0 atom stereocenters. The SMILES string of the molecule is CC(C)Oc1ccc(NC(=O)CCc2ccc(C(=O)O)cc2)cc1. The first-order valence-corrected chi connectivity index (χ1v) is 7.83. The van der Waals surface area contributed by atoms with Gasteiger partial charge in [-0.15, -0.1) is 0 Å². The zero-order valence-corrected chi connectivity index (χ0v) is 13.8. The summed E-state index contributed by atoms with van der Waals surface area (Å²) in [7, 11) is 0. The second-order valence-electron chi connectivity index (χ2n) is 5.74. The van der Waals surface area contributed by atoms with E-state index in [0.717, 1.165) is 17.0 Å². The molecule has 0 saturated carbocycles. The molecular formula is C19H21NO4. The van der Waals surface area contributed by atoms with Crippen LogP contribution in [0.4, 0.5) is 5.69 Å². The minimum Gasteiger partial charge on any atom is -0.491 e. The van der Waals surface area contributed by atoms with E-state index in [0.29, 0.717) is 12.8 Å². The van der Waals surface area contributed by atoms with Gasteiger partial charge >= 0.3 is 5.97 Å². The molecule has 2 N–H and O–H groups in total. The lowest BCUT2D eigenvalue weighted by molar-refractivity contribution is -0.116. The van der Waals surface area contributed by atoms with Crippen LogP contribution in [0, 0.1) is 0 Å². The summed E-state index contributed by atoms with van der Waals surface area (Å²) in [6.07, 6.45) is 0.995. The number of nitrogens with one attached hydrogen (secondary N) is 1. The summed E-state index contributed by atoms with van der Waals surface area (Å²) in [4.78, 5) is 22.8. The first kappa shape index (κ1) is 17.5. The molecule has 0 heterocycles. The maximum absolute atomic E-state index is 12.0. The number of anilines is 1. The molecule has 126 valence electrons. The summed E-state index contributed by atoms with van der Waals surface area (Å²) in [5.74, 6) is -0.277. The quantitative estimate of drug-likeness (QED) is 0.812. The van der Waals surface area contributed by atoms with Crippen LogP contribution < -0.4 is 10.1 Å². The van der Waals surface area contributed by atoms with E-state index in [2.05, 4.69) is 5.32 Å². The molecule has 2 aromatic carbocycles. The Labute approximate surface area is 141 Å². The Bertz CT molecular complexity index is 690. The summed E-state index contributed by atoms with van der Waals surface area (Å²) in [5, 5.41) is 11.7. The number of carbonyl (C=O) groups is 2. The van der Waals surface area contributed by atoms with Crippen molar-refractivity contribution in [2.24, 2.45) is 0 Å². The molecule has 0 spiro atoms. The zero-order chi connectivity index (χ0) is 17.5. The molecule has 2 rings (SSSR count). The Kier molecular flexibility index (Phi) is 5.95. The van der Waals surface area contributed by atoms with Crippen molar-refractivity contribution in [1.29, 1.82) is 0 Å². The first-order valence-electron chi connectivity index (χ1n) is 7.83. The van der Waals surface area contributed by atoms with Crippen LogP contribution in [0.1, 0.15) is 36.2 Å². The first-order chi connectivity index (χ1) is 11.4. The number of ether oxygens (including phenoxy) is 1. The summed E-state index contributed by atoms with van der Waals surface area (Å²) in [6.45, 7) is 3.91. The van der Waals surface area contributed by atoms with E-state index in [-0.39, 0.29) is 17.6 Å². The lowest BCUT2D eigenvalue weighted by Crippen LogP contribution is -2.12. The highest BCUT2D eigenvalue weighted by Crippen LogP contribution is 2.17. The van der Waals surface area contributed by atoms with E-state index >= 15 is 0 Å². The molecule has 5 nitrogen and oxygen atoms in total. The number of amides is 1. The van der Waals surface area contributed by atoms with Gasteiger partial charge in [-0.2, -0.15) is 0 Å². The second kappa shape index (κ2) is 8.15. The Morgan fingerprint density at radius 3 is 2.21 bits per heavy atom. The van der Waals surface area contributed by atoms with Gasteiger partial charge in [0.25, 0.3) is 0 Å². The van der Waals surface area contributed by atoms with Crippen molar-refractivity contribution >= 4 is 17.6 Å². The molecule has 0 bridgehead atoms. The predicted molar refractivity (Wildman–Crippen MR) is 92.6 cm³/mol. The third-order valence-corrected chi connectivity index (χ3v) is 3.35. The van der Waals surface area contributed by atoms with Crippen molar-refractivity contribution in [3.63, 3.8) is 0 Å². The van der Waals surface area contributed by atoms with Gasteiger partial charge < -0.3 is 15.2 Å². The largest absolute Gasteiger partial charge is 0.491 e. The average Bonchev–Trinajstić information content (AvgIpc) is 2.54. The number of carbonyl (C=O) groups excluding carboxylic acids is 1. The van der Waals surface area contributed by atoms with Gasteiger partial charge in [0, 0.05) is 12.1 Å². The molecule has 0 aliphatic rings. The van der Waals surface area contributed by atoms with Gasteiger partial charge in [-0.05, 0) is 62.2 Å². The highest BCUT2D eigenvalue weighted by Gasteiger charge is 2.06. The van der Waals surface area contributed by atoms with Crippen LogP contribution in [0.3, 0.4) is 0 Å². The molecule has 5 heteroatoms. The summed E-state index contributed by atoms with van der Waals surface area (Å²) < 4.78 is 5.55. The number of carboxylic acid groups (broad SMARTS) is 1. The predicted octanol–water partition coefficient (Wildman–Crippen LogP) is 3.74. The van der Waals surface area contributed by atoms with E-state index in [4.69, 9.17) is 9.84 Å². The van der Waals surface area contributed by atoms with Crippen molar-refractivity contribution in [3.8, 4) is 5.75 Å². The minimum atomic E-state index is -0.954. The highest BCUT2D eigenvalue weighted by atomic mass is 16.5. The van der Waals surface area contributed by atoms with Crippen LogP contribution in [0.2, 0.25) is 0 Å². The van der Waals surface area contributed by atoms with Gasteiger partial charge in [0.2, 0.25) is 5.91 Å². The molecule has 0 aromatic heterocycles. The van der Waals surface area contributed by atoms with E-state index in [1.165, 1.54) is 0 Å². The molecule has 2 aromatic rings. The Balaban J connectivity index is 1.83. The van der Waals surface area contributed by atoms with Crippen molar-refractivity contribution in [2.75, 3.05) is 5.32 Å². The normalized spacial score (nSPS) is 10.5. The van der Waals surface area contributed by atoms with Crippen molar-refractivity contribution in [2.45, 2.75) is 32.8 Å². The number of aryl methyl sites for hydroxylation is 1. The summed E-state index contributed by atoms with van der Waals surface area (Å²) in [6, 6.07) is 13.8. The molecule has 0 saturated heterocycles. The molecule has 0 aliphatic carbocycles. The van der Waals surface area contributed by atoms with Crippen molar-refractivity contribution in [1.82, 2.24) is 0 Å². The molecule has 0 radical (unpaired) electrons. The van der Waals surface area contributed by atoms with Crippen LogP contribution in [-0.2, 0) is 11.2 Å². The molecule has 24 heavy (non-hydrogen) atoms. The number of aromatic carboxylic acids is 1. The number of hydrogen-bond acceptors (Lipinski definition) is 3. The smallest absolute Gasteiger partial charge is 0.335 e. The monoisotopic (exact) mass is 327 g/mol. The standard InChI is InChI=1S/C19H21NO4/c1-13(2)24-17-10-8-16(9-11-17)20-18(21)12-5-14-3-6-15(7-4-14)19(22)23/h3-4,6-11,13H,5,12H2,1-2H3,(H,20,21)(H,22,23). The lowest BCUT2D eigenvalue weighted by Gasteiger charge is -2.10. The highest BCUT2D eigenvalue weighted by molar-refractivity contribution is 5.91. The van der Waals surface area contributed by atoms with Crippen LogP contribution in [-0.4, -0.2) is 23.1 Å². The number of carboxylic acids is 1. The number of benzene rings is 2. The fraction of sp³-hybridized carbons (Fsp3) is 0.263. The third-order valence-electron chi connectivity index (χ3n) is 3.35. The third kappa shape index (κ3) is 5.43. The minimum absolute atomic E-state index is 0.0881. The number of hydrogen-bond donors (Lipinski definition) is 2. The fourth-order valence-electron chi connectivity index (χ4n) is 2.18. The van der Waals surface area contributed by atoms with Crippen molar-refractivity contribution in [3.05, 3.63) is 59.7 Å². The van der Waals surface area contributed by atoms with E-state index in [9.17, 15) is 9.59 Å². The fourth-order valence-corrected chi connectivity index (χ4v) is 2.18. The van der Waals surface area contributed by atoms with Crippen molar-refractivity contribution < 1.29 is 19.4 Å². The zero-order valence-electron chi connectivity index (χ0n) is 13.8. The number of rotatable bonds is 7.